The van der Waals surface area contributed by atoms with Crippen LogP contribution in [0.5, 0.6) is 0 Å². The van der Waals surface area contributed by atoms with Gasteiger partial charge in [0.2, 0.25) is 5.91 Å². The number of nitrogens with one attached hydrogen (secondary N) is 3. The van der Waals surface area contributed by atoms with E-state index in [0.717, 1.165) is 0 Å². The summed E-state index contributed by atoms with van der Waals surface area (Å²) in [6.07, 6.45) is -3.27. The lowest BCUT2D eigenvalue weighted by molar-refractivity contribution is -0.130. The fraction of sp³-hybridized carbons (Fsp3) is 0.556. The second-order valence-corrected chi connectivity index (χ2v) is 6.75. The van der Waals surface area contributed by atoms with Crippen molar-refractivity contribution >= 4 is 29.9 Å². The zero-order chi connectivity index (χ0) is 20.1. The Bertz CT molecular complexity index is 687. The third-order valence-corrected chi connectivity index (χ3v) is 4.66. The van der Waals surface area contributed by atoms with E-state index < -0.39 is 24.0 Å². The van der Waals surface area contributed by atoms with Gasteiger partial charge in [-0.1, -0.05) is 6.07 Å². The number of ether oxygens (including phenoxy) is 1. The molecule has 6 nitrogen and oxygen atoms in total. The van der Waals surface area contributed by atoms with E-state index in [4.69, 9.17) is 4.74 Å². The summed E-state index contributed by atoms with van der Waals surface area (Å²) in [5, 5.41) is 7.85. The number of methoxy groups -OCH3 is 1. The molecular weight excluding hydrogens is 399 g/mol. The Morgan fingerprint density at radius 3 is 2.46 bits per heavy atom. The van der Waals surface area contributed by atoms with Crippen molar-refractivity contribution in [3.8, 4) is 0 Å². The summed E-state index contributed by atoms with van der Waals surface area (Å²) < 4.78 is 42.1. The molecule has 0 atom stereocenters. The van der Waals surface area contributed by atoms with Crippen molar-refractivity contribution in [1.82, 2.24) is 10.6 Å². The van der Waals surface area contributed by atoms with Gasteiger partial charge in [0.05, 0.1) is 12.0 Å². The molecule has 10 heteroatoms. The predicted molar refractivity (Wildman–Crippen MR) is 102 cm³/mol. The largest absolute Gasteiger partial charge is 0.405 e. The van der Waals surface area contributed by atoms with Crippen LogP contribution in [0.15, 0.2) is 18.2 Å². The lowest BCUT2D eigenvalue weighted by Gasteiger charge is -2.35. The van der Waals surface area contributed by atoms with Crippen LogP contribution in [0.4, 0.5) is 18.9 Å². The van der Waals surface area contributed by atoms with Gasteiger partial charge in [-0.3, -0.25) is 9.59 Å². The summed E-state index contributed by atoms with van der Waals surface area (Å²) in [4.78, 5) is 24.9. The van der Waals surface area contributed by atoms with E-state index in [9.17, 15) is 22.8 Å². The van der Waals surface area contributed by atoms with Gasteiger partial charge < -0.3 is 20.7 Å². The minimum Gasteiger partial charge on any atom is -0.384 e. The zero-order valence-electron chi connectivity index (χ0n) is 15.7. The fourth-order valence-electron chi connectivity index (χ4n) is 3.05. The number of piperidine rings is 1. The van der Waals surface area contributed by atoms with Gasteiger partial charge in [-0.2, -0.15) is 13.2 Å². The van der Waals surface area contributed by atoms with Crippen molar-refractivity contribution in [1.29, 1.82) is 0 Å². The van der Waals surface area contributed by atoms with Gasteiger partial charge in [0.25, 0.3) is 5.91 Å². The number of amides is 2. The molecule has 0 saturated carbocycles. The van der Waals surface area contributed by atoms with Crippen LogP contribution in [0.1, 0.15) is 28.8 Å². The molecular formula is C18H25ClF3N3O3. The van der Waals surface area contributed by atoms with E-state index in [1.807, 2.05) is 5.32 Å². The number of rotatable bonds is 6. The summed E-state index contributed by atoms with van der Waals surface area (Å²) in [6, 6.07) is 4.40. The van der Waals surface area contributed by atoms with Crippen LogP contribution in [0.2, 0.25) is 0 Å². The highest BCUT2D eigenvalue weighted by molar-refractivity contribution is 5.99. The average molecular weight is 424 g/mol. The van der Waals surface area contributed by atoms with Crippen LogP contribution in [0.25, 0.3) is 0 Å². The van der Waals surface area contributed by atoms with E-state index in [-0.39, 0.29) is 30.5 Å². The molecule has 2 rings (SSSR count). The first-order chi connectivity index (χ1) is 12.7. The molecule has 0 spiro atoms. The molecule has 1 aromatic rings. The molecule has 0 radical (unpaired) electrons. The number of hydrogen-bond donors (Lipinski definition) is 3. The molecule has 28 heavy (non-hydrogen) atoms. The molecule has 0 unspecified atom stereocenters. The summed E-state index contributed by atoms with van der Waals surface area (Å²) in [5.41, 5.74) is 0.471. The van der Waals surface area contributed by atoms with Gasteiger partial charge in [-0.25, -0.2) is 0 Å². The average Bonchev–Trinajstić information content (AvgIpc) is 2.62. The lowest BCUT2D eigenvalue weighted by Crippen LogP contribution is -2.47. The highest BCUT2D eigenvalue weighted by Crippen LogP contribution is 2.31. The summed E-state index contributed by atoms with van der Waals surface area (Å²) in [6.45, 7) is 1.99. The SMILES string of the molecule is COCC1(C(=O)Nc2cc(C(=O)NCC(F)(F)F)ccc2C)CCNCC1.Cl. The number of anilines is 1. The number of aryl methyl sites for hydroxylation is 1. The summed E-state index contributed by atoms with van der Waals surface area (Å²) in [7, 11) is 1.54. The second kappa shape index (κ2) is 10.1. The third-order valence-electron chi connectivity index (χ3n) is 4.66. The van der Waals surface area contributed by atoms with Gasteiger partial charge in [-0.05, 0) is 50.6 Å². The van der Waals surface area contributed by atoms with Gasteiger partial charge >= 0.3 is 6.18 Å². The fourth-order valence-corrected chi connectivity index (χ4v) is 3.05. The normalized spacial score (nSPS) is 16.0. The van der Waals surface area contributed by atoms with Crippen LogP contribution in [-0.2, 0) is 9.53 Å². The maximum absolute atomic E-state index is 12.9. The van der Waals surface area contributed by atoms with Crippen molar-refractivity contribution in [2.24, 2.45) is 5.41 Å². The van der Waals surface area contributed by atoms with Crippen LogP contribution in [0, 0.1) is 12.3 Å². The van der Waals surface area contributed by atoms with Crippen molar-refractivity contribution in [3.63, 3.8) is 0 Å². The Kier molecular flexibility index (Phi) is 8.72. The molecule has 0 aromatic heterocycles. The quantitative estimate of drug-likeness (QED) is 0.657. The van der Waals surface area contributed by atoms with Gasteiger partial charge in [0.15, 0.2) is 0 Å². The topological polar surface area (TPSA) is 79.5 Å². The summed E-state index contributed by atoms with van der Waals surface area (Å²) in [5.74, 6) is -1.07. The molecule has 1 aliphatic heterocycles. The van der Waals surface area contributed by atoms with E-state index in [2.05, 4.69) is 10.6 Å². The van der Waals surface area contributed by atoms with E-state index in [0.29, 0.717) is 37.2 Å². The molecule has 0 bridgehead atoms. The van der Waals surface area contributed by atoms with Crippen LogP contribution >= 0.6 is 12.4 Å². The predicted octanol–water partition coefficient (Wildman–Crippen LogP) is 2.66. The van der Waals surface area contributed by atoms with Gasteiger partial charge in [-0.15, -0.1) is 12.4 Å². The molecule has 2 amide bonds. The van der Waals surface area contributed by atoms with Crippen LogP contribution < -0.4 is 16.0 Å². The number of benzene rings is 1. The number of hydrogen-bond acceptors (Lipinski definition) is 4. The molecule has 1 saturated heterocycles. The highest BCUT2D eigenvalue weighted by atomic mass is 35.5. The first-order valence-electron chi connectivity index (χ1n) is 8.64. The Balaban J connectivity index is 0.00000392. The standard InChI is InChI=1S/C18H24F3N3O3.ClH/c1-12-3-4-13(15(25)23-10-18(19,20)21)9-14(12)24-16(26)17(11-27-2)5-7-22-8-6-17;/h3-4,9,22H,5-8,10-11H2,1-2H3,(H,23,25)(H,24,26);1H. The first-order valence-corrected chi connectivity index (χ1v) is 8.64. The number of carbonyl (C=O) groups is 2. The second-order valence-electron chi connectivity index (χ2n) is 6.75. The number of halogens is 4. The Morgan fingerprint density at radius 2 is 1.89 bits per heavy atom. The van der Waals surface area contributed by atoms with Crippen molar-refractivity contribution in [2.75, 3.05) is 38.7 Å². The first kappa shape index (κ1) is 24.2. The van der Waals surface area contributed by atoms with Gasteiger partial charge in [0, 0.05) is 18.4 Å². The van der Waals surface area contributed by atoms with Crippen molar-refractivity contribution < 1.29 is 27.5 Å². The maximum atomic E-state index is 12.9. The zero-order valence-corrected chi connectivity index (χ0v) is 16.6. The molecule has 1 fully saturated rings. The van der Waals surface area contributed by atoms with E-state index in [1.165, 1.54) is 19.2 Å². The summed E-state index contributed by atoms with van der Waals surface area (Å²) >= 11 is 0. The number of alkyl halides is 3. The Morgan fingerprint density at radius 1 is 1.25 bits per heavy atom. The van der Waals surface area contributed by atoms with Crippen LogP contribution in [-0.4, -0.2) is 51.3 Å². The van der Waals surface area contributed by atoms with Crippen LogP contribution in [0.3, 0.4) is 0 Å². The molecule has 1 aromatic carbocycles. The van der Waals surface area contributed by atoms with Gasteiger partial charge in [0.1, 0.15) is 6.54 Å². The molecule has 1 heterocycles. The smallest absolute Gasteiger partial charge is 0.384 e. The monoisotopic (exact) mass is 423 g/mol. The third kappa shape index (κ3) is 6.35. The maximum Gasteiger partial charge on any atom is 0.405 e. The Labute approximate surface area is 168 Å². The highest BCUT2D eigenvalue weighted by Gasteiger charge is 2.39. The minimum atomic E-state index is -4.49. The molecule has 0 aliphatic carbocycles. The molecule has 1 aliphatic rings. The Hall–Kier alpha value is -1.84. The lowest BCUT2D eigenvalue weighted by atomic mass is 9.78. The minimum absolute atomic E-state index is 0. The van der Waals surface area contributed by atoms with E-state index in [1.54, 1.807) is 13.0 Å². The van der Waals surface area contributed by atoms with Crippen molar-refractivity contribution in [2.45, 2.75) is 25.9 Å². The molecule has 158 valence electrons. The van der Waals surface area contributed by atoms with Crippen molar-refractivity contribution in [3.05, 3.63) is 29.3 Å². The number of carbonyl (C=O) groups excluding carboxylic acids is 2. The molecule has 3 N–H and O–H groups in total. The van der Waals surface area contributed by atoms with E-state index >= 15 is 0 Å².